The molecule has 0 bridgehead atoms. The second-order valence-corrected chi connectivity index (χ2v) is 4.49. The van der Waals surface area contributed by atoms with Gasteiger partial charge in [0.2, 0.25) is 0 Å². The van der Waals surface area contributed by atoms with E-state index in [0.29, 0.717) is 3.79 Å². The molecule has 1 aliphatic rings. The van der Waals surface area contributed by atoms with E-state index in [9.17, 15) is 5.11 Å². The molecule has 1 fully saturated rings. The van der Waals surface area contributed by atoms with Crippen molar-refractivity contribution in [3.63, 3.8) is 0 Å². The van der Waals surface area contributed by atoms with Crippen molar-refractivity contribution in [2.75, 3.05) is 17.9 Å². The zero-order valence-electron chi connectivity index (χ0n) is 15.2. The Morgan fingerprint density at radius 2 is 2.46 bits per heavy atom. The molecule has 13 heavy (non-hydrogen) atoms. The molecule has 0 radical (unpaired) electrons. The van der Waals surface area contributed by atoms with Gasteiger partial charge in [-0.05, 0) is 28.7 Å². The minimum Gasteiger partial charge on any atom is -0.393 e. The third-order valence-corrected chi connectivity index (χ3v) is 2.69. The Bertz CT molecular complexity index is 574. The van der Waals surface area contributed by atoms with Crippen molar-refractivity contribution in [2.24, 2.45) is 0 Å². The van der Waals surface area contributed by atoms with Gasteiger partial charge >= 0.3 is 0 Å². The van der Waals surface area contributed by atoms with E-state index in [0.717, 1.165) is 11.3 Å². The van der Waals surface area contributed by atoms with Crippen LogP contribution in [0.5, 0.6) is 0 Å². The Morgan fingerprint density at radius 3 is 3.00 bits per heavy atom. The standard InChI is InChI=1S/C8H11BrN2OS/c9-7-5-10-8(13-7)11-3-1-6(12)2-4-11/h5-6,12H,1-4H2/i1D2,2D2,3D2,4D2,6D. The van der Waals surface area contributed by atoms with Crippen LogP contribution in [-0.4, -0.2) is 29.2 Å². The Balaban J connectivity index is 2.77. The van der Waals surface area contributed by atoms with Crippen LogP contribution in [0.25, 0.3) is 0 Å². The van der Waals surface area contributed by atoms with Crippen molar-refractivity contribution in [1.29, 1.82) is 0 Å². The highest BCUT2D eigenvalue weighted by molar-refractivity contribution is 9.11. The van der Waals surface area contributed by atoms with E-state index in [1.165, 1.54) is 6.20 Å². The maximum Gasteiger partial charge on any atom is 0.186 e. The smallest absolute Gasteiger partial charge is 0.186 e. The highest BCUT2D eigenvalue weighted by atomic mass is 79.9. The summed E-state index contributed by atoms with van der Waals surface area (Å²) < 4.78 is 70.5. The molecule has 1 aliphatic heterocycles. The van der Waals surface area contributed by atoms with Crippen molar-refractivity contribution in [3.05, 3.63) is 9.98 Å². The number of hydrogen-bond donors (Lipinski definition) is 1. The number of piperidine rings is 1. The number of aliphatic hydroxyl groups is 1. The van der Waals surface area contributed by atoms with Crippen LogP contribution >= 0.6 is 27.3 Å². The van der Waals surface area contributed by atoms with Gasteiger partial charge in [0.15, 0.2) is 5.13 Å². The number of aromatic nitrogens is 1. The van der Waals surface area contributed by atoms with E-state index in [1.807, 2.05) is 0 Å². The molecule has 0 aliphatic carbocycles. The number of halogens is 1. The zero-order chi connectivity index (χ0) is 17.4. The lowest BCUT2D eigenvalue weighted by Gasteiger charge is -2.28. The highest BCUT2D eigenvalue weighted by Gasteiger charge is 2.18. The maximum absolute atomic E-state index is 9.95. The van der Waals surface area contributed by atoms with Gasteiger partial charge < -0.3 is 10.0 Å². The van der Waals surface area contributed by atoms with Gasteiger partial charge in [0, 0.05) is 24.0 Å². The van der Waals surface area contributed by atoms with Crippen molar-refractivity contribution >= 4 is 32.4 Å². The van der Waals surface area contributed by atoms with Gasteiger partial charge in [-0.1, -0.05) is 11.3 Å². The van der Waals surface area contributed by atoms with Crippen molar-refractivity contribution in [2.45, 2.75) is 18.8 Å². The van der Waals surface area contributed by atoms with Gasteiger partial charge in [-0.15, -0.1) is 0 Å². The van der Waals surface area contributed by atoms with Crippen LogP contribution in [0.4, 0.5) is 5.13 Å². The second-order valence-electron chi connectivity index (χ2n) is 2.10. The topological polar surface area (TPSA) is 36.4 Å². The number of rotatable bonds is 1. The Hall–Kier alpha value is -0.130. The summed E-state index contributed by atoms with van der Waals surface area (Å²) in [6.07, 6.45) is -9.29. The van der Waals surface area contributed by atoms with Crippen LogP contribution in [0.15, 0.2) is 9.98 Å². The number of thiazole rings is 1. The summed E-state index contributed by atoms with van der Waals surface area (Å²) in [6.45, 7) is -6.45. The number of anilines is 1. The molecule has 2 rings (SSSR count). The monoisotopic (exact) mass is 271 g/mol. The second kappa shape index (κ2) is 3.94. The number of nitrogens with zero attached hydrogens (tertiary/aromatic N) is 2. The van der Waals surface area contributed by atoms with E-state index in [-0.39, 0.29) is 10.0 Å². The molecular weight excluding hydrogens is 252 g/mol. The van der Waals surface area contributed by atoms with E-state index in [4.69, 9.17) is 12.3 Å². The van der Waals surface area contributed by atoms with Gasteiger partial charge in [0.25, 0.3) is 0 Å². The van der Waals surface area contributed by atoms with Crippen LogP contribution in [0.1, 0.15) is 25.1 Å². The van der Waals surface area contributed by atoms with Crippen LogP contribution < -0.4 is 4.90 Å². The summed E-state index contributed by atoms with van der Waals surface area (Å²) in [5, 5.41) is 9.64. The van der Waals surface area contributed by atoms with Gasteiger partial charge in [0.05, 0.1) is 17.4 Å². The molecule has 0 saturated carbocycles. The van der Waals surface area contributed by atoms with Crippen LogP contribution in [0.3, 0.4) is 0 Å². The summed E-state index contributed by atoms with van der Waals surface area (Å²) in [4.78, 5) is 3.96. The molecule has 1 saturated heterocycles. The Labute approximate surface area is 102 Å². The van der Waals surface area contributed by atoms with E-state index in [1.54, 1.807) is 0 Å². The van der Waals surface area contributed by atoms with Gasteiger partial charge in [0.1, 0.15) is 0 Å². The molecule has 3 nitrogen and oxygen atoms in total. The molecule has 0 amide bonds. The summed E-state index contributed by atoms with van der Waals surface area (Å²) >= 11 is 3.84. The quantitative estimate of drug-likeness (QED) is 0.847. The molecule has 5 heteroatoms. The Morgan fingerprint density at radius 1 is 1.77 bits per heavy atom. The average molecular weight is 272 g/mol. The van der Waals surface area contributed by atoms with E-state index in [2.05, 4.69) is 20.9 Å². The predicted molar refractivity (Wildman–Crippen MR) is 57.3 cm³/mol. The van der Waals surface area contributed by atoms with Crippen LogP contribution in [0, 0.1) is 0 Å². The van der Waals surface area contributed by atoms with Crippen LogP contribution in [0.2, 0.25) is 0 Å². The molecule has 0 unspecified atom stereocenters. The SMILES string of the molecule is [2H]C1([2H])N(c2ncc(Br)s2)C([2H])([2H])C([2H])([2H])C([2H])(O)C1([2H])[2H]. The van der Waals surface area contributed by atoms with Gasteiger partial charge in [-0.25, -0.2) is 4.98 Å². The first-order valence-electron chi connectivity index (χ1n) is 7.76. The molecule has 2 heterocycles. The third kappa shape index (κ3) is 2.21. The number of hydrogen-bond acceptors (Lipinski definition) is 4. The minimum absolute atomic E-state index is 0.207. The van der Waals surface area contributed by atoms with Crippen molar-refractivity contribution < 1.29 is 17.4 Å². The molecule has 72 valence electrons. The lowest BCUT2D eigenvalue weighted by Crippen LogP contribution is -2.35. The fourth-order valence-corrected chi connectivity index (χ4v) is 1.83. The van der Waals surface area contributed by atoms with E-state index >= 15 is 0 Å². The van der Waals surface area contributed by atoms with E-state index < -0.39 is 31.8 Å². The van der Waals surface area contributed by atoms with Gasteiger partial charge in [-0.3, -0.25) is 0 Å². The predicted octanol–water partition coefficient (Wildman–Crippen LogP) is 1.87. The maximum atomic E-state index is 9.95. The molecule has 1 aromatic rings. The highest BCUT2D eigenvalue weighted by Crippen LogP contribution is 2.28. The lowest BCUT2D eigenvalue weighted by atomic mass is 10.1. The minimum atomic E-state index is -3.65. The normalized spacial score (nSPS) is 47.5. The van der Waals surface area contributed by atoms with Crippen molar-refractivity contribution in [3.8, 4) is 0 Å². The first kappa shape index (κ1) is 3.47. The molecule has 0 spiro atoms. The first-order valence-corrected chi connectivity index (χ1v) is 4.87. The molecular formula is C8H11BrN2OS. The largest absolute Gasteiger partial charge is 0.393 e. The van der Waals surface area contributed by atoms with Crippen molar-refractivity contribution in [1.82, 2.24) is 4.98 Å². The summed E-state index contributed by atoms with van der Waals surface area (Å²) in [6, 6.07) is 0. The first-order chi connectivity index (χ1) is 9.62. The average Bonchev–Trinajstić information content (AvgIpc) is 2.72. The van der Waals surface area contributed by atoms with Crippen LogP contribution in [-0.2, 0) is 0 Å². The lowest BCUT2D eigenvalue weighted by molar-refractivity contribution is 0.145. The summed E-state index contributed by atoms with van der Waals surface area (Å²) in [5.74, 6) is 0. The molecule has 0 aromatic carbocycles. The fraction of sp³-hybridized carbons (Fsp3) is 0.625. The summed E-state index contributed by atoms with van der Waals surface area (Å²) in [7, 11) is 0. The van der Waals surface area contributed by atoms with Gasteiger partial charge in [-0.2, -0.15) is 0 Å². The molecule has 0 atom stereocenters. The third-order valence-electron chi connectivity index (χ3n) is 1.23. The molecule has 1 aromatic heterocycles. The Kier molecular flexibility index (Phi) is 1.05. The molecule has 1 N–H and O–H groups in total. The fourth-order valence-electron chi connectivity index (χ4n) is 0.722. The summed E-state index contributed by atoms with van der Waals surface area (Å²) in [5.41, 5.74) is 0. The zero-order valence-corrected chi connectivity index (χ0v) is 8.61.